The van der Waals surface area contributed by atoms with Gasteiger partial charge in [0.1, 0.15) is 10.0 Å². The fourth-order valence-electron chi connectivity index (χ4n) is 2.47. The molecular formula is C16H14N4O4S2. The molecule has 1 fully saturated rings. The van der Waals surface area contributed by atoms with E-state index in [0.29, 0.717) is 23.0 Å². The number of carbonyl (C=O) groups is 1. The van der Waals surface area contributed by atoms with E-state index in [-0.39, 0.29) is 9.77 Å². The van der Waals surface area contributed by atoms with Crippen LogP contribution in [0.25, 0.3) is 11.4 Å². The summed E-state index contributed by atoms with van der Waals surface area (Å²) >= 11 is 0.853. The molecule has 0 aliphatic heterocycles. The number of sulfonamides is 1. The van der Waals surface area contributed by atoms with Crippen molar-refractivity contribution in [2.24, 2.45) is 0 Å². The predicted octanol–water partition coefficient (Wildman–Crippen LogP) is 2.91. The van der Waals surface area contributed by atoms with Gasteiger partial charge in [-0.25, -0.2) is 18.2 Å². The predicted molar refractivity (Wildman–Crippen MR) is 95.9 cm³/mol. The lowest BCUT2D eigenvalue weighted by Crippen LogP contribution is -2.12. The first kappa shape index (κ1) is 16.7. The summed E-state index contributed by atoms with van der Waals surface area (Å²) in [7, 11) is -3.91. The molecule has 2 heterocycles. The summed E-state index contributed by atoms with van der Waals surface area (Å²) in [6.07, 6.45) is 2.15. The minimum Gasteiger partial charge on any atom is -0.478 e. The number of aromatic nitrogens is 3. The molecule has 0 atom stereocenters. The molecular weight excluding hydrogens is 376 g/mol. The second-order valence-corrected chi connectivity index (χ2v) is 8.75. The topological polar surface area (TPSA) is 125 Å². The van der Waals surface area contributed by atoms with Crippen LogP contribution < -0.4 is 4.72 Å². The second kappa shape index (κ2) is 6.22. The molecule has 0 saturated heterocycles. The fraction of sp³-hybridized carbons (Fsp3) is 0.188. The number of nitrogens with one attached hydrogen (secondary N) is 2. The summed E-state index contributed by atoms with van der Waals surface area (Å²) in [5.74, 6) is 0.460. The largest absolute Gasteiger partial charge is 0.478 e. The van der Waals surface area contributed by atoms with Gasteiger partial charge in [0.15, 0.2) is 5.82 Å². The van der Waals surface area contributed by atoms with E-state index in [2.05, 4.69) is 19.9 Å². The molecule has 134 valence electrons. The van der Waals surface area contributed by atoms with E-state index in [4.69, 9.17) is 5.11 Å². The summed E-state index contributed by atoms with van der Waals surface area (Å²) in [6, 6.07) is 7.96. The summed E-state index contributed by atoms with van der Waals surface area (Å²) in [5, 5.41) is 17.4. The summed E-state index contributed by atoms with van der Waals surface area (Å²) in [6.45, 7) is 0. The van der Waals surface area contributed by atoms with Crippen LogP contribution >= 0.6 is 11.3 Å². The number of aromatic carboxylic acids is 1. The Morgan fingerprint density at radius 3 is 2.77 bits per heavy atom. The summed E-state index contributed by atoms with van der Waals surface area (Å²) in [5.41, 5.74) is 0.820. The molecule has 0 bridgehead atoms. The molecule has 1 aliphatic carbocycles. The molecule has 2 aromatic heterocycles. The third-order valence-electron chi connectivity index (χ3n) is 3.97. The van der Waals surface area contributed by atoms with Gasteiger partial charge in [-0.15, -0.1) is 11.3 Å². The van der Waals surface area contributed by atoms with Crippen LogP contribution in [0.3, 0.4) is 0 Å². The lowest BCUT2D eigenvalue weighted by Gasteiger charge is -2.09. The number of thiophene rings is 1. The van der Waals surface area contributed by atoms with Crippen molar-refractivity contribution in [3.8, 4) is 11.4 Å². The number of carboxylic acids is 1. The van der Waals surface area contributed by atoms with Crippen molar-refractivity contribution in [3.63, 3.8) is 0 Å². The number of anilines is 1. The summed E-state index contributed by atoms with van der Waals surface area (Å²) < 4.78 is 27.6. The average molecular weight is 390 g/mol. The number of aromatic amines is 1. The average Bonchev–Trinajstić information content (AvgIpc) is 3.12. The Kier molecular flexibility index (Phi) is 4.00. The van der Waals surface area contributed by atoms with E-state index in [1.54, 1.807) is 24.3 Å². The molecule has 1 saturated carbocycles. The molecule has 0 spiro atoms. The van der Waals surface area contributed by atoms with E-state index in [1.807, 2.05) is 0 Å². The minimum atomic E-state index is -3.91. The molecule has 3 aromatic rings. The van der Waals surface area contributed by atoms with Crippen molar-refractivity contribution in [1.82, 2.24) is 15.2 Å². The van der Waals surface area contributed by atoms with Crippen molar-refractivity contribution >= 4 is 33.0 Å². The van der Waals surface area contributed by atoms with Crippen LogP contribution in [0, 0.1) is 0 Å². The highest BCUT2D eigenvalue weighted by molar-refractivity contribution is 7.94. The molecule has 4 rings (SSSR count). The monoisotopic (exact) mass is 390 g/mol. The SMILES string of the molecule is O=C(O)c1csc(S(=O)(=O)Nc2ccccc2-c2n[nH]c(C3CC3)n2)c1. The number of carboxylic acid groups (broad SMARTS) is 1. The maximum Gasteiger partial charge on any atom is 0.336 e. The highest BCUT2D eigenvalue weighted by atomic mass is 32.2. The number of para-hydroxylation sites is 1. The smallest absolute Gasteiger partial charge is 0.336 e. The second-order valence-electron chi connectivity index (χ2n) is 5.93. The number of benzene rings is 1. The number of hydrogen-bond acceptors (Lipinski definition) is 6. The molecule has 1 aliphatic rings. The molecule has 0 radical (unpaired) electrons. The van der Waals surface area contributed by atoms with Gasteiger partial charge in [0.05, 0.1) is 11.3 Å². The van der Waals surface area contributed by atoms with Crippen molar-refractivity contribution < 1.29 is 18.3 Å². The van der Waals surface area contributed by atoms with E-state index in [9.17, 15) is 13.2 Å². The lowest BCUT2D eigenvalue weighted by molar-refractivity contribution is 0.0697. The van der Waals surface area contributed by atoms with Gasteiger partial charge in [-0.3, -0.25) is 9.82 Å². The van der Waals surface area contributed by atoms with E-state index >= 15 is 0 Å². The molecule has 26 heavy (non-hydrogen) atoms. The van der Waals surface area contributed by atoms with Gasteiger partial charge >= 0.3 is 5.97 Å². The Balaban J connectivity index is 1.66. The quantitative estimate of drug-likeness (QED) is 0.594. The molecule has 0 amide bonds. The Bertz CT molecular complexity index is 1080. The van der Waals surface area contributed by atoms with Crippen LogP contribution in [-0.2, 0) is 10.0 Å². The van der Waals surface area contributed by atoms with E-state index < -0.39 is 16.0 Å². The number of rotatable bonds is 6. The molecule has 1 aromatic carbocycles. The maximum absolute atomic E-state index is 12.6. The third kappa shape index (κ3) is 3.20. The first-order chi connectivity index (χ1) is 12.4. The third-order valence-corrected chi connectivity index (χ3v) is 6.77. The van der Waals surface area contributed by atoms with Crippen molar-refractivity contribution in [2.45, 2.75) is 23.0 Å². The molecule has 3 N–H and O–H groups in total. The Hall–Kier alpha value is -2.72. The highest BCUT2D eigenvalue weighted by Gasteiger charge is 2.28. The summed E-state index contributed by atoms with van der Waals surface area (Å²) in [4.78, 5) is 15.4. The molecule has 0 unspecified atom stereocenters. The maximum atomic E-state index is 12.6. The zero-order chi connectivity index (χ0) is 18.3. The van der Waals surface area contributed by atoms with Gasteiger partial charge in [0, 0.05) is 16.9 Å². The number of nitrogens with zero attached hydrogens (tertiary/aromatic N) is 2. The molecule has 8 nitrogen and oxygen atoms in total. The van der Waals surface area contributed by atoms with Gasteiger partial charge in [0.25, 0.3) is 10.0 Å². The van der Waals surface area contributed by atoms with Gasteiger partial charge in [-0.2, -0.15) is 5.10 Å². The van der Waals surface area contributed by atoms with Gasteiger partial charge < -0.3 is 5.11 Å². The first-order valence-corrected chi connectivity index (χ1v) is 10.2. The van der Waals surface area contributed by atoms with Crippen LogP contribution in [0.5, 0.6) is 0 Å². The van der Waals surface area contributed by atoms with Crippen molar-refractivity contribution in [3.05, 3.63) is 47.1 Å². The van der Waals surface area contributed by atoms with E-state index in [0.717, 1.165) is 36.1 Å². The van der Waals surface area contributed by atoms with Crippen LogP contribution in [0.1, 0.15) is 34.9 Å². The van der Waals surface area contributed by atoms with Crippen LogP contribution in [0.2, 0.25) is 0 Å². The Morgan fingerprint density at radius 1 is 1.31 bits per heavy atom. The number of H-pyrrole nitrogens is 1. The Morgan fingerprint density at radius 2 is 2.08 bits per heavy atom. The van der Waals surface area contributed by atoms with Crippen molar-refractivity contribution in [2.75, 3.05) is 4.72 Å². The van der Waals surface area contributed by atoms with Gasteiger partial charge in [0.2, 0.25) is 0 Å². The highest BCUT2D eigenvalue weighted by Crippen LogP contribution is 2.39. The standard InChI is InChI=1S/C16H14N4O4S2/c21-16(22)10-7-13(25-8-10)26(23,24)20-12-4-2-1-3-11(12)15-17-14(18-19-15)9-5-6-9/h1-4,7-9,20H,5-6H2,(H,21,22)(H,17,18,19). The first-order valence-electron chi connectivity index (χ1n) is 7.80. The normalized spacial score (nSPS) is 14.3. The van der Waals surface area contributed by atoms with Gasteiger partial charge in [-0.05, 0) is 31.0 Å². The van der Waals surface area contributed by atoms with Gasteiger partial charge in [-0.1, -0.05) is 12.1 Å². The van der Waals surface area contributed by atoms with Crippen LogP contribution in [-0.4, -0.2) is 34.7 Å². The fourth-order valence-corrected chi connectivity index (χ4v) is 4.70. The number of hydrogen-bond donors (Lipinski definition) is 3. The van der Waals surface area contributed by atoms with Crippen LogP contribution in [0.4, 0.5) is 5.69 Å². The molecule has 10 heteroatoms. The Labute approximate surface area is 153 Å². The van der Waals surface area contributed by atoms with Crippen LogP contribution in [0.15, 0.2) is 39.9 Å². The zero-order valence-corrected chi connectivity index (χ0v) is 15.0. The minimum absolute atomic E-state index is 0.0632. The van der Waals surface area contributed by atoms with E-state index in [1.165, 1.54) is 5.38 Å². The zero-order valence-electron chi connectivity index (χ0n) is 13.3. The van der Waals surface area contributed by atoms with Crippen molar-refractivity contribution in [1.29, 1.82) is 0 Å². The lowest BCUT2D eigenvalue weighted by atomic mass is 10.2.